The Hall–Kier alpha value is -4.87. The van der Waals surface area contributed by atoms with Crippen LogP contribution < -0.4 is 10.5 Å². The van der Waals surface area contributed by atoms with Gasteiger partial charge in [-0.1, -0.05) is 36.4 Å². The number of para-hydroxylation sites is 1. The molecule has 6 rings (SSSR count). The molecule has 0 unspecified atom stereocenters. The van der Waals surface area contributed by atoms with E-state index in [2.05, 4.69) is 10.1 Å². The van der Waals surface area contributed by atoms with E-state index in [4.69, 9.17) is 10.5 Å². The maximum atomic E-state index is 14.1. The largest absolute Gasteiger partial charge is 0.488 e. The van der Waals surface area contributed by atoms with Crippen LogP contribution in [-0.2, 0) is 17.6 Å². The van der Waals surface area contributed by atoms with E-state index >= 15 is 0 Å². The van der Waals surface area contributed by atoms with Crippen LogP contribution in [0.25, 0.3) is 17.1 Å². The minimum Gasteiger partial charge on any atom is -0.488 e. The van der Waals surface area contributed by atoms with E-state index in [0.717, 1.165) is 61.3 Å². The second-order valence-corrected chi connectivity index (χ2v) is 11.1. The van der Waals surface area contributed by atoms with Crippen LogP contribution in [0.5, 0.6) is 5.75 Å². The number of carboxylic acids is 1. The molecule has 0 spiro atoms. The fourth-order valence-corrected chi connectivity index (χ4v) is 5.58. The number of hydrogen-bond acceptors (Lipinski definition) is 6. The van der Waals surface area contributed by atoms with Crippen LogP contribution in [0.3, 0.4) is 0 Å². The van der Waals surface area contributed by atoms with Gasteiger partial charge < -0.3 is 20.5 Å². The Labute approximate surface area is 251 Å². The van der Waals surface area contributed by atoms with Crippen molar-refractivity contribution in [3.05, 3.63) is 89.1 Å². The van der Waals surface area contributed by atoms with Gasteiger partial charge in [-0.25, -0.2) is 9.78 Å². The molecular weight excluding hydrogens is 575 g/mol. The molecule has 9 nitrogen and oxygen atoms in total. The first-order chi connectivity index (χ1) is 21.1. The minimum atomic E-state index is -4.69. The fraction of sp³-hybridized carbons (Fsp3) is 0.312. The van der Waals surface area contributed by atoms with Gasteiger partial charge in [0, 0.05) is 24.6 Å². The molecule has 12 heteroatoms. The Morgan fingerprint density at radius 1 is 0.977 bits per heavy atom. The highest BCUT2D eigenvalue weighted by Gasteiger charge is 2.36. The maximum absolute atomic E-state index is 14.1. The van der Waals surface area contributed by atoms with Gasteiger partial charge in [-0.2, -0.15) is 23.0 Å². The van der Waals surface area contributed by atoms with Crippen LogP contribution in [0.2, 0.25) is 0 Å². The molecule has 2 aromatic carbocycles. The molecule has 3 heterocycles. The predicted molar refractivity (Wildman–Crippen MR) is 155 cm³/mol. The van der Waals surface area contributed by atoms with Crippen molar-refractivity contribution in [1.29, 1.82) is 0 Å². The monoisotopic (exact) mass is 605 g/mol. The van der Waals surface area contributed by atoms with Crippen LogP contribution in [0.1, 0.15) is 58.6 Å². The number of carbonyl (C=O) groups is 2. The molecule has 0 radical (unpaired) electrons. The number of aromatic carboxylic acids is 1. The molecule has 2 aromatic heterocycles. The summed E-state index contributed by atoms with van der Waals surface area (Å²) >= 11 is 0. The van der Waals surface area contributed by atoms with Crippen molar-refractivity contribution in [2.75, 3.05) is 18.8 Å². The number of halogens is 3. The van der Waals surface area contributed by atoms with E-state index in [1.807, 2.05) is 29.2 Å². The van der Waals surface area contributed by atoms with Gasteiger partial charge in [0.15, 0.2) is 5.82 Å². The number of anilines is 1. The van der Waals surface area contributed by atoms with Gasteiger partial charge >= 0.3 is 12.1 Å². The summed E-state index contributed by atoms with van der Waals surface area (Å²) in [6, 6.07) is 16.0. The Balaban J connectivity index is 1.21. The van der Waals surface area contributed by atoms with E-state index in [1.165, 1.54) is 24.3 Å². The number of ether oxygens (including phenoxy) is 1. The molecule has 2 fully saturated rings. The Morgan fingerprint density at radius 3 is 2.32 bits per heavy atom. The van der Waals surface area contributed by atoms with Crippen LogP contribution in [-0.4, -0.2) is 49.7 Å². The lowest BCUT2D eigenvalue weighted by molar-refractivity contribution is -0.139. The molecule has 44 heavy (non-hydrogen) atoms. The first-order valence-corrected chi connectivity index (χ1v) is 14.4. The first-order valence-electron chi connectivity index (χ1n) is 14.4. The van der Waals surface area contributed by atoms with Gasteiger partial charge in [0.25, 0.3) is 0 Å². The average Bonchev–Trinajstić information content (AvgIpc) is 3.80. The highest BCUT2D eigenvalue weighted by molar-refractivity contribution is 5.92. The summed E-state index contributed by atoms with van der Waals surface area (Å²) in [5, 5.41) is 13.3. The minimum absolute atomic E-state index is 0.106. The van der Waals surface area contributed by atoms with Crippen LogP contribution in [0, 0.1) is 5.92 Å². The van der Waals surface area contributed by atoms with Crippen molar-refractivity contribution in [3.63, 3.8) is 0 Å². The van der Waals surface area contributed by atoms with E-state index in [-0.39, 0.29) is 52.6 Å². The second kappa shape index (κ2) is 11.7. The molecule has 1 saturated heterocycles. The van der Waals surface area contributed by atoms with Gasteiger partial charge in [0.05, 0.1) is 17.5 Å². The number of benzene rings is 2. The highest BCUT2D eigenvalue weighted by atomic mass is 19.4. The zero-order valence-corrected chi connectivity index (χ0v) is 23.6. The number of nitrogens with zero attached hydrogens (tertiary/aromatic N) is 4. The van der Waals surface area contributed by atoms with Crippen LogP contribution >= 0.6 is 0 Å². The summed E-state index contributed by atoms with van der Waals surface area (Å²) in [6.07, 6.45) is 0.140. The third-order valence-electron chi connectivity index (χ3n) is 8.15. The smallest absolute Gasteiger partial charge is 0.419 e. The zero-order valence-electron chi connectivity index (χ0n) is 23.6. The molecule has 2 aliphatic rings. The fourth-order valence-electron chi connectivity index (χ4n) is 5.58. The number of aromatic nitrogens is 3. The lowest BCUT2D eigenvalue weighted by Gasteiger charge is -2.32. The summed E-state index contributed by atoms with van der Waals surface area (Å²) in [5.74, 6) is -0.861. The number of likely N-dealkylation sites (tertiary alicyclic amines) is 1. The average molecular weight is 606 g/mol. The molecule has 0 bridgehead atoms. The number of hydrogen-bond donors (Lipinski definition) is 2. The van der Waals surface area contributed by atoms with Gasteiger partial charge in [0.2, 0.25) is 5.91 Å². The van der Waals surface area contributed by atoms with Crippen molar-refractivity contribution in [2.24, 2.45) is 5.92 Å². The topological polar surface area (TPSA) is 124 Å². The SMILES string of the molecule is Nc1c(C(=O)O)cnn1-c1cccc(-c2cccc(C(F)(F)F)c2OCc2ccc(C3CCN(C(=O)C4CC4)CC3)cc2)n1. The second-order valence-electron chi connectivity index (χ2n) is 11.1. The summed E-state index contributed by atoms with van der Waals surface area (Å²) in [6.45, 7) is 1.37. The number of piperidine rings is 1. The predicted octanol–water partition coefficient (Wildman–Crippen LogP) is 5.93. The third kappa shape index (κ3) is 5.97. The van der Waals surface area contributed by atoms with Crippen molar-refractivity contribution in [1.82, 2.24) is 19.7 Å². The van der Waals surface area contributed by atoms with E-state index < -0.39 is 17.7 Å². The van der Waals surface area contributed by atoms with Crippen molar-refractivity contribution >= 4 is 17.7 Å². The first kappa shape index (κ1) is 29.2. The molecule has 4 aromatic rings. The van der Waals surface area contributed by atoms with Crippen molar-refractivity contribution in [2.45, 2.75) is 44.4 Å². The molecule has 1 aliphatic carbocycles. The normalized spacial score (nSPS) is 15.8. The van der Waals surface area contributed by atoms with Gasteiger partial charge in [-0.3, -0.25) is 4.79 Å². The summed E-state index contributed by atoms with van der Waals surface area (Å²) in [7, 11) is 0. The van der Waals surface area contributed by atoms with Crippen molar-refractivity contribution in [3.8, 4) is 22.8 Å². The molecule has 1 aliphatic heterocycles. The lowest BCUT2D eigenvalue weighted by Crippen LogP contribution is -2.38. The number of pyridine rings is 1. The number of amides is 1. The number of rotatable bonds is 8. The molecule has 1 amide bonds. The standard InChI is InChI=1S/C32H30F3N5O4/c33-32(34,35)25-4-1-3-23(26-5-2-6-27(38-26)40-29(36)24(17-37-40)31(42)43)28(25)44-18-19-7-9-20(10-8-19)21-13-15-39(16-14-21)30(41)22-11-12-22/h1-10,17,21-22H,11-16,18,36H2,(H,42,43). The Morgan fingerprint density at radius 2 is 1.68 bits per heavy atom. The quantitative estimate of drug-likeness (QED) is 0.255. The summed E-state index contributed by atoms with van der Waals surface area (Å²) in [4.78, 5) is 30.2. The van der Waals surface area contributed by atoms with Crippen molar-refractivity contribution < 1.29 is 32.6 Å². The molecule has 1 saturated carbocycles. The number of carbonyl (C=O) groups excluding carboxylic acids is 1. The molecule has 228 valence electrons. The van der Waals surface area contributed by atoms with Gasteiger partial charge in [-0.05, 0) is 67.0 Å². The molecule has 0 atom stereocenters. The van der Waals surface area contributed by atoms with Crippen LogP contribution in [0.15, 0.2) is 66.9 Å². The van der Waals surface area contributed by atoms with E-state index in [9.17, 15) is 27.9 Å². The highest BCUT2D eigenvalue weighted by Crippen LogP contribution is 2.42. The lowest BCUT2D eigenvalue weighted by atomic mass is 9.89. The number of alkyl halides is 3. The number of nitrogen functional groups attached to an aromatic ring is 1. The zero-order chi connectivity index (χ0) is 31.0. The maximum Gasteiger partial charge on any atom is 0.419 e. The number of nitrogens with two attached hydrogens (primary N) is 1. The third-order valence-corrected chi connectivity index (χ3v) is 8.15. The van der Waals surface area contributed by atoms with Gasteiger partial charge in [-0.15, -0.1) is 0 Å². The van der Waals surface area contributed by atoms with Gasteiger partial charge in [0.1, 0.15) is 23.7 Å². The van der Waals surface area contributed by atoms with Crippen LogP contribution in [0.4, 0.5) is 19.0 Å². The summed E-state index contributed by atoms with van der Waals surface area (Å²) < 4.78 is 49.3. The number of carboxylic acid groups (broad SMARTS) is 1. The van der Waals surface area contributed by atoms with E-state index in [0.29, 0.717) is 11.5 Å². The summed E-state index contributed by atoms with van der Waals surface area (Å²) in [5.41, 5.74) is 6.86. The van der Waals surface area contributed by atoms with E-state index in [1.54, 1.807) is 6.07 Å². The Kier molecular flexibility index (Phi) is 7.74. The Bertz CT molecular complexity index is 1690. The molecular formula is C32H30F3N5O4. The molecule has 3 N–H and O–H groups in total.